The molecule has 0 saturated carbocycles. The zero-order valence-electron chi connectivity index (χ0n) is 11.4. The van der Waals surface area contributed by atoms with Gasteiger partial charge in [-0.25, -0.2) is 0 Å². The Morgan fingerprint density at radius 1 is 1.19 bits per heavy atom. The normalized spacial score (nSPS) is 20.5. The molecule has 2 heterocycles. The minimum atomic E-state index is -4.22. The van der Waals surface area contributed by atoms with Gasteiger partial charge in [-0.3, -0.25) is 4.90 Å². The lowest BCUT2D eigenvalue weighted by atomic mass is 9.99. The average molecular weight is 302 g/mol. The minimum absolute atomic E-state index is 0.0621. The van der Waals surface area contributed by atoms with Gasteiger partial charge in [0, 0.05) is 37.8 Å². The molecule has 0 unspecified atom stereocenters. The topological polar surface area (TPSA) is 33.7 Å². The summed E-state index contributed by atoms with van der Waals surface area (Å²) in [5, 5.41) is 3.16. The van der Waals surface area contributed by atoms with Crippen molar-refractivity contribution in [1.29, 1.82) is 0 Å². The maximum absolute atomic E-state index is 13.0. The van der Waals surface area contributed by atoms with Crippen molar-refractivity contribution in [2.24, 2.45) is 0 Å². The van der Waals surface area contributed by atoms with Crippen LogP contribution >= 0.6 is 0 Å². The summed E-state index contributed by atoms with van der Waals surface area (Å²) in [6, 6.07) is 4.40. The molecule has 1 aromatic carbocycles. The van der Waals surface area contributed by atoms with E-state index in [1.165, 1.54) is 0 Å². The summed E-state index contributed by atoms with van der Waals surface area (Å²) in [4.78, 5) is 1.86. The Labute approximate surface area is 120 Å². The zero-order chi connectivity index (χ0) is 14.9. The van der Waals surface area contributed by atoms with Crippen LogP contribution in [-0.4, -0.2) is 44.0 Å². The van der Waals surface area contributed by atoms with Gasteiger partial charge in [0.15, 0.2) is 11.5 Å². The quantitative estimate of drug-likeness (QED) is 0.929. The zero-order valence-corrected chi connectivity index (χ0v) is 11.4. The number of fused-ring (bicyclic) bond motifs is 1. The summed E-state index contributed by atoms with van der Waals surface area (Å²) < 4.78 is 49.6. The van der Waals surface area contributed by atoms with Crippen molar-refractivity contribution in [3.63, 3.8) is 0 Å². The van der Waals surface area contributed by atoms with Crippen LogP contribution in [0.1, 0.15) is 18.0 Å². The summed E-state index contributed by atoms with van der Waals surface area (Å²) in [6.07, 6.45) is -5.11. The molecule has 2 aliphatic rings. The highest BCUT2D eigenvalue weighted by molar-refractivity contribution is 5.49. The van der Waals surface area contributed by atoms with Crippen LogP contribution in [0.25, 0.3) is 0 Å². The van der Waals surface area contributed by atoms with Gasteiger partial charge in [0.25, 0.3) is 0 Å². The van der Waals surface area contributed by atoms with E-state index in [4.69, 9.17) is 9.47 Å². The number of alkyl halides is 3. The van der Waals surface area contributed by atoms with Crippen molar-refractivity contribution in [1.82, 2.24) is 10.2 Å². The van der Waals surface area contributed by atoms with Gasteiger partial charge in [-0.15, -0.1) is 0 Å². The Hall–Kier alpha value is -1.47. The molecule has 3 rings (SSSR count). The Balaban J connectivity index is 1.93. The fraction of sp³-hybridized carbons (Fsp3) is 0.571. The highest BCUT2D eigenvalue weighted by Crippen LogP contribution is 2.43. The van der Waals surface area contributed by atoms with Crippen molar-refractivity contribution in [3.05, 3.63) is 23.8 Å². The van der Waals surface area contributed by atoms with Crippen molar-refractivity contribution < 1.29 is 22.6 Å². The third-order valence-corrected chi connectivity index (χ3v) is 3.80. The smallest absolute Gasteiger partial charge is 0.390 e. The molecule has 0 aromatic heterocycles. The molecule has 1 aromatic rings. The van der Waals surface area contributed by atoms with Crippen molar-refractivity contribution >= 4 is 0 Å². The van der Waals surface area contributed by atoms with Gasteiger partial charge in [0.05, 0.1) is 6.42 Å². The van der Waals surface area contributed by atoms with Crippen LogP contribution in [-0.2, 0) is 0 Å². The molecule has 0 spiro atoms. The van der Waals surface area contributed by atoms with E-state index in [0.29, 0.717) is 43.2 Å². The van der Waals surface area contributed by atoms with E-state index in [0.717, 1.165) is 0 Å². The average Bonchev–Trinajstić information content (AvgIpc) is 2.93. The first-order chi connectivity index (χ1) is 10.0. The number of para-hydroxylation sites is 1. The molecule has 0 radical (unpaired) electrons. The summed E-state index contributed by atoms with van der Waals surface area (Å²) in [5.41, 5.74) is 0.559. The van der Waals surface area contributed by atoms with Gasteiger partial charge in [-0.1, -0.05) is 12.1 Å². The maximum Gasteiger partial charge on any atom is 0.390 e. The standard InChI is InChI=1S/C14H17F3N2O2/c15-14(16,17)8-11(19-6-4-18-5-7-19)10-2-1-3-12-13(10)21-9-20-12/h1-3,11,18H,4-9H2/t11-/m0/s1. The van der Waals surface area contributed by atoms with E-state index in [-0.39, 0.29) is 6.79 Å². The molecular formula is C14H17F3N2O2. The minimum Gasteiger partial charge on any atom is -0.454 e. The monoisotopic (exact) mass is 302 g/mol. The van der Waals surface area contributed by atoms with Crippen LogP contribution in [0.3, 0.4) is 0 Å². The molecule has 2 aliphatic heterocycles. The molecule has 1 fully saturated rings. The van der Waals surface area contributed by atoms with Crippen LogP contribution in [0.2, 0.25) is 0 Å². The van der Waals surface area contributed by atoms with Crippen LogP contribution in [0.5, 0.6) is 11.5 Å². The van der Waals surface area contributed by atoms with Gasteiger partial charge in [0.1, 0.15) is 0 Å². The number of halogens is 3. The summed E-state index contributed by atoms with van der Waals surface area (Å²) in [7, 11) is 0. The third kappa shape index (κ3) is 3.24. The second kappa shape index (κ2) is 5.73. The Bertz CT molecular complexity index is 501. The number of ether oxygens (including phenoxy) is 2. The molecule has 21 heavy (non-hydrogen) atoms. The largest absolute Gasteiger partial charge is 0.454 e. The number of nitrogens with zero attached hydrogens (tertiary/aromatic N) is 1. The molecule has 1 N–H and O–H groups in total. The van der Waals surface area contributed by atoms with Gasteiger partial charge in [-0.05, 0) is 6.07 Å². The molecule has 4 nitrogen and oxygen atoms in total. The highest BCUT2D eigenvalue weighted by Gasteiger charge is 2.38. The summed E-state index contributed by atoms with van der Waals surface area (Å²) in [6.45, 7) is 2.63. The molecule has 1 saturated heterocycles. The van der Waals surface area contributed by atoms with Gasteiger partial charge in [0.2, 0.25) is 6.79 Å². The molecule has 0 amide bonds. The second-order valence-electron chi connectivity index (χ2n) is 5.20. The predicted molar refractivity (Wildman–Crippen MR) is 70.4 cm³/mol. The van der Waals surface area contributed by atoms with Crippen LogP contribution in [0.4, 0.5) is 13.2 Å². The van der Waals surface area contributed by atoms with E-state index in [9.17, 15) is 13.2 Å². The second-order valence-corrected chi connectivity index (χ2v) is 5.20. The summed E-state index contributed by atoms with van der Waals surface area (Å²) in [5.74, 6) is 0.972. The van der Waals surface area contributed by atoms with Gasteiger partial charge >= 0.3 is 6.18 Å². The molecule has 116 valence electrons. The maximum atomic E-state index is 13.0. The fourth-order valence-electron chi connectivity index (χ4n) is 2.86. The molecule has 0 aliphatic carbocycles. The number of piperazine rings is 1. The SMILES string of the molecule is FC(F)(F)C[C@@H](c1cccc2c1OCO2)N1CCNCC1. The predicted octanol–water partition coefficient (Wildman–Crippen LogP) is 2.31. The lowest BCUT2D eigenvalue weighted by molar-refractivity contribution is -0.148. The highest BCUT2D eigenvalue weighted by atomic mass is 19.4. The number of benzene rings is 1. The number of nitrogens with one attached hydrogen (secondary N) is 1. The molecule has 7 heteroatoms. The number of hydrogen-bond donors (Lipinski definition) is 1. The first-order valence-corrected chi connectivity index (χ1v) is 6.94. The van der Waals surface area contributed by atoms with E-state index in [1.807, 2.05) is 4.90 Å². The lowest BCUT2D eigenvalue weighted by Gasteiger charge is -2.36. The molecule has 1 atom stereocenters. The van der Waals surface area contributed by atoms with Crippen LogP contribution < -0.4 is 14.8 Å². The first kappa shape index (κ1) is 14.5. The van der Waals surface area contributed by atoms with E-state index in [1.54, 1.807) is 18.2 Å². The van der Waals surface area contributed by atoms with Gasteiger partial charge < -0.3 is 14.8 Å². The number of rotatable bonds is 3. The Morgan fingerprint density at radius 2 is 1.95 bits per heavy atom. The van der Waals surface area contributed by atoms with Crippen LogP contribution in [0.15, 0.2) is 18.2 Å². The first-order valence-electron chi connectivity index (χ1n) is 6.94. The van der Waals surface area contributed by atoms with Gasteiger partial charge in [-0.2, -0.15) is 13.2 Å². The summed E-state index contributed by atoms with van der Waals surface area (Å²) >= 11 is 0. The van der Waals surface area contributed by atoms with E-state index >= 15 is 0 Å². The molecule has 0 bridgehead atoms. The molecular weight excluding hydrogens is 285 g/mol. The van der Waals surface area contributed by atoms with E-state index < -0.39 is 18.6 Å². The van der Waals surface area contributed by atoms with Crippen molar-refractivity contribution in [2.75, 3.05) is 33.0 Å². The Kier molecular flexibility index (Phi) is 3.95. The van der Waals surface area contributed by atoms with Crippen molar-refractivity contribution in [3.8, 4) is 11.5 Å². The fourth-order valence-corrected chi connectivity index (χ4v) is 2.86. The lowest BCUT2D eigenvalue weighted by Crippen LogP contribution is -2.46. The van der Waals surface area contributed by atoms with E-state index in [2.05, 4.69) is 5.32 Å². The Morgan fingerprint density at radius 3 is 2.67 bits per heavy atom. The third-order valence-electron chi connectivity index (χ3n) is 3.80. The van der Waals surface area contributed by atoms with Crippen molar-refractivity contribution in [2.45, 2.75) is 18.6 Å². The van der Waals surface area contributed by atoms with Crippen LogP contribution in [0, 0.1) is 0 Å². The number of hydrogen-bond acceptors (Lipinski definition) is 4.